The quantitative estimate of drug-likeness (QED) is 0.721. The minimum Gasteiger partial charge on any atom is -0.497 e. The summed E-state index contributed by atoms with van der Waals surface area (Å²) in [6, 6.07) is 8.54. The highest BCUT2D eigenvalue weighted by atomic mass is 16.5. The van der Waals surface area contributed by atoms with Crippen molar-refractivity contribution in [2.45, 2.75) is 6.04 Å². The molecule has 7 nitrogen and oxygen atoms in total. The molecule has 2 N–H and O–H groups in total. The largest absolute Gasteiger partial charge is 0.497 e. The fourth-order valence-electron chi connectivity index (χ4n) is 2.63. The minimum atomic E-state index is -0.459. The first-order valence-corrected chi connectivity index (χ1v) is 7.77. The van der Waals surface area contributed by atoms with Crippen LogP contribution in [0.25, 0.3) is 0 Å². The first-order chi connectivity index (χ1) is 12.1. The molecule has 0 aliphatic heterocycles. The Bertz CT molecular complexity index is 833. The number of hydrogen-bond acceptors (Lipinski definition) is 4. The van der Waals surface area contributed by atoms with Crippen LogP contribution < -0.4 is 14.8 Å². The molecule has 0 radical (unpaired) electrons. The molecule has 0 bridgehead atoms. The van der Waals surface area contributed by atoms with E-state index < -0.39 is 6.04 Å². The number of aromatic amines is 1. The summed E-state index contributed by atoms with van der Waals surface area (Å²) in [4.78, 5) is 19.9. The lowest BCUT2D eigenvalue weighted by Gasteiger charge is -2.20. The molecule has 130 valence electrons. The molecular weight excluding hydrogens is 320 g/mol. The number of ether oxygens (including phenoxy) is 2. The molecule has 0 saturated heterocycles. The molecule has 2 heterocycles. The Morgan fingerprint density at radius 1 is 1.24 bits per heavy atom. The van der Waals surface area contributed by atoms with Crippen molar-refractivity contribution < 1.29 is 14.3 Å². The highest BCUT2D eigenvalue weighted by Gasteiger charge is 2.23. The van der Waals surface area contributed by atoms with Crippen LogP contribution >= 0.6 is 0 Å². The van der Waals surface area contributed by atoms with Gasteiger partial charge in [0.2, 0.25) is 0 Å². The van der Waals surface area contributed by atoms with E-state index in [2.05, 4.69) is 15.3 Å². The zero-order chi connectivity index (χ0) is 17.8. The van der Waals surface area contributed by atoms with Crippen LogP contribution in [0.4, 0.5) is 0 Å². The number of amides is 1. The summed E-state index contributed by atoms with van der Waals surface area (Å²) in [6.45, 7) is 0. The van der Waals surface area contributed by atoms with Crippen LogP contribution in [0.5, 0.6) is 11.5 Å². The number of methoxy groups -OCH3 is 2. The first kappa shape index (κ1) is 16.6. The van der Waals surface area contributed by atoms with Crippen LogP contribution in [0, 0.1) is 0 Å². The lowest BCUT2D eigenvalue weighted by atomic mass is 10.0. The molecule has 1 aromatic carbocycles. The molecule has 25 heavy (non-hydrogen) atoms. The van der Waals surface area contributed by atoms with Crippen LogP contribution in [0.15, 0.2) is 48.9 Å². The third kappa shape index (κ3) is 3.50. The zero-order valence-corrected chi connectivity index (χ0v) is 14.3. The fraction of sp³-hybridized carbons (Fsp3) is 0.222. The Morgan fingerprint density at radius 2 is 1.96 bits per heavy atom. The molecule has 7 heteroatoms. The van der Waals surface area contributed by atoms with Gasteiger partial charge in [0.25, 0.3) is 5.91 Å². The summed E-state index contributed by atoms with van der Waals surface area (Å²) >= 11 is 0. The second-order valence-corrected chi connectivity index (χ2v) is 5.53. The van der Waals surface area contributed by atoms with Crippen molar-refractivity contribution in [3.8, 4) is 11.5 Å². The summed E-state index contributed by atoms with van der Waals surface area (Å²) in [6.07, 6.45) is 5.24. The average molecular weight is 340 g/mol. The van der Waals surface area contributed by atoms with Gasteiger partial charge >= 0.3 is 0 Å². The lowest BCUT2D eigenvalue weighted by Crippen LogP contribution is -2.31. The van der Waals surface area contributed by atoms with E-state index in [0.29, 0.717) is 23.0 Å². The molecule has 0 aliphatic rings. The fourth-order valence-corrected chi connectivity index (χ4v) is 2.63. The van der Waals surface area contributed by atoms with E-state index in [1.54, 1.807) is 44.8 Å². The SMILES string of the molecule is COc1cc(OC)cc([C@@H](NC(=O)c2ccc[nH]2)c2nccn2C)c1. The Labute approximate surface area is 145 Å². The number of benzene rings is 1. The van der Waals surface area contributed by atoms with Crippen molar-refractivity contribution in [2.24, 2.45) is 7.05 Å². The van der Waals surface area contributed by atoms with Gasteiger partial charge in [-0.1, -0.05) is 0 Å². The van der Waals surface area contributed by atoms with Crippen LogP contribution in [-0.4, -0.2) is 34.7 Å². The number of aryl methyl sites for hydroxylation is 1. The topological polar surface area (TPSA) is 81.2 Å². The van der Waals surface area contributed by atoms with Gasteiger partial charge in [-0.2, -0.15) is 0 Å². The van der Waals surface area contributed by atoms with Gasteiger partial charge in [0, 0.05) is 31.7 Å². The molecule has 1 amide bonds. The van der Waals surface area contributed by atoms with Gasteiger partial charge in [0.05, 0.1) is 14.2 Å². The van der Waals surface area contributed by atoms with E-state index >= 15 is 0 Å². The molecular formula is C18H20N4O3. The molecule has 1 atom stereocenters. The highest BCUT2D eigenvalue weighted by Crippen LogP contribution is 2.29. The lowest BCUT2D eigenvalue weighted by molar-refractivity contribution is 0.0936. The van der Waals surface area contributed by atoms with Crippen molar-refractivity contribution >= 4 is 5.91 Å². The Hall–Kier alpha value is -3.22. The molecule has 0 spiro atoms. The highest BCUT2D eigenvalue weighted by molar-refractivity contribution is 5.92. The van der Waals surface area contributed by atoms with E-state index in [1.165, 1.54) is 0 Å². The number of imidazole rings is 1. The summed E-state index contributed by atoms with van der Waals surface area (Å²) in [5.74, 6) is 1.76. The van der Waals surface area contributed by atoms with Crippen LogP contribution in [-0.2, 0) is 7.05 Å². The maximum absolute atomic E-state index is 12.6. The van der Waals surface area contributed by atoms with Crippen molar-refractivity contribution in [1.82, 2.24) is 19.9 Å². The summed E-state index contributed by atoms with van der Waals surface area (Å²) in [7, 11) is 5.06. The van der Waals surface area contributed by atoms with E-state index in [4.69, 9.17) is 9.47 Å². The molecule has 0 saturated carbocycles. The van der Waals surface area contributed by atoms with E-state index in [-0.39, 0.29) is 5.91 Å². The van der Waals surface area contributed by atoms with Gasteiger partial charge in [-0.3, -0.25) is 4.79 Å². The Balaban J connectivity index is 2.02. The van der Waals surface area contributed by atoms with E-state index in [0.717, 1.165) is 5.56 Å². The number of aromatic nitrogens is 3. The van der Waals surface area contributed by atoms with Crippen LogP contribution in [0.3, 0.4) is 0 Å². The second-order valence-electron chi connectivity index (χ2n) is 5.53. The van der Waals surface area contributed by atoms with Crippen LogP contribution in [0.2, 0.25) is 0 Å². The maximum Gasteiger partial charge on any atom is 0.268 e. The van der Waals surface area contributed by atoms with Gasteiger partial charge in [-0.25, -0.2) is 4.98 Å². The minimum absolute atomic E-state index is 0.222. The Morgan fingerprint density at radius 3 is 2.48 bits per heavy atom. The van der Waals surface area contributed by atoms with Crippen molar-refractivity contribution in [3.05, 3.63) is 66.0 Å². The summed E-state index contributed by atoms with van der Waals surface area (Å²) in [5.41, 5.74) is 1.29. The standard InChI is InChI=1S/C18H20N4O3/c1-22-8-7-20-17(22)16(21-18(23)15-5-4-6-19-15)12-9-13(24-2)11-14(10-12)25-3/h4-11,16,19H,1-3H3,(H,21,23)/t16-/m1/s1. The van der Waals surface area contributed by atoms with Gasteiger partial charge in [0.1, 0.15) is 29.1 Å². The summed E-state index contributed by atoms with van der Waals surface area (Å²) < 4.78 is 12.6. The molecule has 0 unspecified atom stereocenters. The number of carbonyl (C=O) groups excluding carboxylic acids is 1. The van der Waals surface area contributed by atoms with Crippen LogP contribution in [0.1, 0.15) is 27.9 Å². The van der Waals surface area contributed by atoms with Gasteiger partial charge in [-0.05, 0) is 29.8 Å². The van der Waals surface area contributed by atoms with E-state index in [9.17, 15) is 4.79 Å². The predicted molar refractivity (Wildman–Crippen MR) is 92.9 cm³/mol. The van der Waals surface area contributed by atoms with E-state index in [1.807, 2.05) is 29.9 Å². The van der Waals surface area contributed by atoms with Crippen molar-refractivity contribution in [3.63, 3.8) is 0 Å². The van der Waals surface area contributed by atoms with Crippen molar-refractivity contribution in [1.29, 1.82) is 0 Å². The number of nitrogens with one attached hydrogen (secondary N) is 2. The number of hydrogen-bond donors (Lipinski definition) is 2. The van der Waals surface area contributed by atoms with Gasteiger partial charge in [-0.15, -0.1) is 0 Å². The van der Waals surface area contributed by atoms with Gasteiger partial charge < -0.3 is 24.3 Å². The number of rotatable bonds is 6. The third-order valence-corrected chi connectivity index (χ3v) is 3.94. The third-order valence-electron chi connectivity index (χ3n) is 3.94. The summed E-state index contributed by atoms with van der Waals surface area (Å²) in [5, 5.41) is 3.02. The second kappa shape index (κ2) is 7.12. The maximum atomic E-state index is 12.6. The zero-order valence-electron chi connectivity index (χ0n) is 14.3. The number of nitrogens with zero attached hydrogens (tertiary/aromatic N) is 2. The number of carbonyl (C=O) groups is 1. The monoisotopic (exact) mass is 340 g/mol. The average Bonchev–Trinajstić information content (AvgIpc) is 3.31. The molecule has 3 aromatic rings. The van der Waals surface area contributed by atoms with Gasteiger partial charge in [0.15, 0.2) is 0 Å². The van der Waals surface area contributed by atoms with Crippen molar-refractivity contribution in [2.75, 3.05) is 14.2 Å². The molecule has 2 aromatic heterocycles. The smallest absolute Gasteiger partial charge is 0.268 e. The molecule has 0 fully saturated rings. The first-order valence-electron chi connectivity index (χ1n) is 7.77. The predicted octanol–water partition coefficient (Wildman–Crippen LogP) is 2.28. The molecule has 0 aliphatic carbocycles. The number of H-pyrrole nitrogens is 1. The normalized spacial score (nSPS) is 11.8. The molecule has 3 rings (SSSR count). The Kier molecular flexibility index (Phi) is 4.74.